The lowest BCUT2D eigenvalue weighted by molar-refractivity contribution is 0.260. The first-order chi connectivity index (χ1) is 18.6. The van der Waals surface area contributed by atoms with E-state index in [1.54, 1.807) is 6.20 Å². The maximum absolute atomic E-state index is 13.9. The van der Waals surface area contributed by atoms with Gasteiger partial charge < -0.3 is 16.1 Å². The number of benzene rings is 2. The van der Waals surface area contributed by atoms with Crippen LogP contribution in [-0.4, -0.2) is 30.4 Å². The molecule has 2 saturated carbocycles. The molecule has 1 unspecified atom stereocenters. The number of nitriles is 1. The minimum Gasteiger partial charge on any atom is -0.383 e. The number of hydrogen-bond acceptors (Lipinski definition) is 7. The smallest absolute Gasteiger partial charge is 0.148 e. The Balaban J connectivity index is 1.47. The lowest BCUT2D eigenvalue weighted by Crippen LogP contribution is -2.45. The Morgan fingerprint density at radius 1 is 1.15 bits per heavy atom. The minimum atomic E-state index is -0.682. The van der Waals surface area contributed by atoms with E-state index in [1.807, 2.05) is 12.1 Å². The summed E-state index contributed by atoms with van der Waals surface area (Å²) in [6.45, 7) is 7.25. The Bertz CT molecular complexity index is 1480. The topological polar surface area (TPSA) is 88.0 Å². The van der Waals surface area contributed by atoms with Crippen molar-refractivity contribution in [1.82, 2.24) is 21.0 Å². The summed E-state index contributed by atoms with van der Waals surface area (Å²) in [6.07, 6.45) is 8.39. The van der Waals surface area contributed by atoms with Crippen molar-refractivity contribution in [2.24, 2.45) is 5.41 Å². The van der Waals surface area contributed by atoms with E-state index in [0.29, 0.717) is 17.5 Å². The maximum Gasteiger partial charge on any atom is 0.148 e. The van der Waals surface area contributed by atoms with Gasteiger partial charge in [-0.2, -0.15) is 5.26 Å². The third kappa shape index (κ3) is 5.13. The average molecular weight is 523 g/mol. The summed E-state index contributed by atoms with van der Waals surface area (Å²) in [7, 11) is 2.11. The summed E-state index contributed by atoms with van der Waals surface area (Å²) in [5.41, 5.74) is 12.3. The van der Waals surface area contributed by atoms with Gasteiger partial charge in [0.15, 0.2) is 0 Å². The van der Waals surface area contributed by atoms with Crippen molar-refractivity contribution in [2.45, 2.75) is 63.9 Å². The van der Waals surface area contributed by atoms with E-state index in [1.165, 1.54) is 17.7 Å². The van der Waals surface area contributed by atoms with Gasteiger partial charge in [0.2, 0.25) is 0 Å². The molecule has 1 aromatic heterocycles. The quantitative estimate of drug-likeness (QED) is 0.316. The van der Waals surface area contributed by atoms with Gasteiger partial charge in [0.05, 0.1) is 27.9 Å². The van der Waals surface area contributed by atoms with E-state index in [2.05, 4.69) is 79.6 Å². The molecule has 2 aliphatic carbocycles. The molecule has 0 radical (unpaired) electrons. The van der Waals surface area contributed by atoms with Crippen LogP contribution in [0.2, 0.25) is 0 Å². The Hall–Kier alpha value is -3.77. The fraction of sp³-hybridized carbons (Fsp3) is 0.400. The molecule has 39 heavy (non-hydrogen) atoms. The number of pyridine rings is 1. The first-order valence-electron chi connectivity index (χ1n) is 13.8. The highest BCUT2D eigenvalue weighted by molar-refractivity contribution is 6.19. The Morgan fingerprint density at radius 2 is 1.90 bits per heavy atom. The van der Waals surface area contributed by atoms with E-state index in [0.717, 1.165) is 65.8 Å². The lowest BCUT2D eigenvalue weighted by atomic mass is 9.69. The van der Waals surface area contributed by atoms with Crippen molar-refractivity contribution >= 4 is 30.1 Å². The monoisotopic (exact) mass is 523 g/mol. The lowest BCUT2D eigenvalue weighted by Gasteiger charge is -2.34. The molecule has 2 heterocycles. The number of aromatic nitrogens is 1. The van der Waals surface area contributed by atoms with Gasteiger partial charge in [0.1, 0.15) is 19.7 Å². The second-order valence-corrected chi connectivity index (χ2v) is 12.5. The molecule has 1 atom stereocenters. The highest BCUT2D eigenvalue weighted by Crippen LogP contribution is 2.46. The van der Waals surface area contributed by atoms with Crippen molar-refractivity contribution in [1.29, 1.82) is 5.26 Å². The normalized spacial score (nSPS) is 18.7. The van der Waals surface area contributed by atoms with Crippen molar-refractivity contribution in [2.75, 3.05) is 17.2 Å². The van der Waals surface area contributed by atoms with Crippen LogP contribution in [0.15, 0.2) is 54.5 Å². The number of rotatable bonds is 8. The zero-order chi connectivity index (χ0) is 27.4. The Kier molecular flexibility index (Phi) is 6.19. The van der Waals surface area contributed by atoms with Gasteiger partial charge in [-0.25, -0.2) is 4.39 Å². The molecular weight excluding hydrogens is 488 g/mol. The van der Waals surface area contributed by atoms with Crippen LogP contribution in [0, 0.1) is 22.6 Å². The molecule has 7 nitrogen and oxygen atoms in total. The summed E-state index contributed by atoms with van der Waals surface area (Å²) in [4.78, 5) is 4.77. The average Bonchev–Trinajstić information content (AvgIpc) is 3.85. The van der Waals surface area contributed by atoms with Crippen LogP contribution in [-0.2, 0) is 5.44 Å². The molecule has 2 aromatic carbocycles. The molecule has 0 saturated heterocycles. The van der Waals surface area contributed by atoms with Crippen LogP contribution in [0.4, 0.5) is 15.8 Å². The molecule has 4 N–H and O–H groups in total. The molecule has 1 aliphatic heterocycles. The number of nitrogens with one attached hydrogen (secondary N) is 4. The largest absolute Gasteiger partial charge is 0.383 e. The van der Waals surface area contributed by atoms with Crippen molar-refractivity contribution < 1.29 is 4.39 Å². The summed E-state index contributed by atoms with van der Waals surface area (Å²) in [5.74, 6) is 0.191. The predicted molar refractivity (Wildman–Crippen MR) is 156 cm³/mol. The summed E-state index contributed by atoms with van der Waals surface area (Å²) in [6, 6.07) is 13.8. The number of fused-ring (bicyclic) bond motifs is 1. The minimum absolute atomic E-state index is 0.0414. The Morgan fingerprint density at radius 3 is 2.54 bits per heavy atom. The SMILES string of the molecule is BC(Nc1cc(C2CC2)c2ncc(C#N)c(NCC(C)(C)C)c2c1)(C1=CN(C2CC2)NN1)c1ccc(F)cc1. The molecule has 0 bridgehead atoms. The fourth-order valence-corrected chi connectivity index (χ4v) is 5.24. The van der Waals surface area contributed by atoms with Gasteiger partial charge in [-0.1, -0.05) is 32.9 Å². The fourth-order valence-electron chi connectivity index (χ4n) is 5.24. The number of anilines is 2. The first-order valence-corrected chi connectivity index (χ1v) is 13.8. The molecule has 0 amide bonds. The highest BCUT2D eigenvalue weighted by atomic mass is 19.1. The van der Waals surface area contributed by atoms with E-state index >= 15 is 0 Å². The van der Waals surface area contributed by atoms with Crippen molar-refractivity contribution in [3.8, 4) is 6.07 Å². The third-order valence-corrected chi connectivity index (χ3v) is 7.82. The molecular formula is C30H35BFN7. The van der Waals surface area contributed by atoms with Crippen LogP contribution in [0.1, 0.15) is 69.1 Å². The zero-order valence-electron chi connectivity index (χ0n) is 23.0. The predicted octanol–water partition coefficient (Wildman–Crippen LogP) is 4.81. The van der Waals surface area contributed by atoms with Crippen LogP contribution in [0.25, 0.3) is 10.9 Å². The van der Waals surface area contributed by atoms with E-state index in [4.69, 9.17) is 4.98 Å². The van der Waals surface area contributed by atoms with Crippen LogP contribution in [0.5, 0.6) is 0 Å². The van der Waals surface area contributed by atoms with Crippen LogP contribution >= 0.6 is 0 Å². The summed E-state index contributed by atoms with van der Waals surface area (Å²) >= 11 is 0. The number of halogens is 1. The van der Waals surface area contributed by atoms with E-state index in [9.17, 15) is 9.65 Å². The van der Waals surface area contributed by atoms with Crippen molar-refractivity contribution in [3.63, 3.8) is 0 Å². The van der Waals surface area contributed by atoms with Gasteiger partial charge in [0.25, 0.3) is 0 Å². The number of nitrogens with zero attached hydrogens (tertiary/aromatic N) is 3. The van der Waals surface area contributed by atoms with E-state index in [-0.39, 0.29) is 11.2 Å². The van der Waals surface area contributed by atoms with Gasteiger partial charge in [-0.3, -0.25) is 9.99 Å². The summed E-state index contributed by atoms with van der Waals surface area (Å²) in [5, 5.41) is 20.4. The standard InChI is InChI=1S/C30H35BFN7/c1-29(2,3)17-35-27-19(14-33)15-34-28-24(18-4-5-18)12-22(13-25(27)28)36-30(31,20-6-8-21(32)9-7-20)26-16-39(38-37-26)23-10-11-23/h6-9,12-13,15-16,18,23,36-38H,4-5,10-11,17,31H2,1-3H3,(H,34,35). The molecule has 200 valence electrons. The Labute approximate surface area is 230 Å². The van der Waals surface area contributed by atoms with Crippen LogP contribution < -0.4 is 21.6 Å². The number of hydrogen-bond donors (Lipinski definition) is 4. The molecule has 6 rings (SSSR count). The highest BCUT2D eigenvalue weighted by Gasteiger charge is 2.38. The van der Waals surface area contributed by atoms with Crippen molar-refractivity contribution in [3.05, 3.63) is 77.0 Å². The molecule has 3 aliphatic rings. The molecule has 0 spiro atoms. The van der Waals surface area contributed by atoms with Gasteiger partial charge in [-0.15, -0.1) is 5.53 Å². The third-order valence-electron chi connectivity index (χ3n) is 7.82. The number of hydrazine groups is 2. The second-order valence-electron chi connectivity index (χ2n) is 12.5. The van der Waals surface area contributed by atoms with Crippen LogP contribution in [0.3, 0.4) is 0 Å². The van der Waals surface area contributed by atoms with Gasteiger partial charge in [0, 0.05) is 36.1 Å². The van der Waals surface area contributed by atoms with Gasteiger partial charge >= 0.3 is 0 Å². The maximum atomic E-state index is 13.9. The molecule has 3 aromatic rings. The summed E-state index contributed by atoms with van der Waals surface area (Å²) < 4.78 is 13.9. The van der Waals surface area contributed by atoms with Gasteiger partial charge in [-0.05, 0) is 72.4 Å². The first kappa shape index (κ1) is 25.5. The second kappa shape index (κ2) is 9.46. The molecule has 9 heteroatoms. The van der Waals surface area contributed by atoms with E-state index < -0.39 is 5.44 Å². The zero-order valence-corrected chi connectivity index (χ0v) is 23.0. The molecule has 2 fully saturated rings.